The minimum Gasteiger partial charge on any atom is -0.393 e. The van der Waals surface area contributed by atoms with Crippen LogP contribution < -0.4 is 0 Å². The van der Waals surface area contributed by atoms with Gasteiger partial charge < -0.3 is 20.4 Å². The summed E-state index contributed by atoms with van der Waals surface area (Å²) in [6.45, 7) is 14.0. The van der Waals surface area contributed by atoms with Gasteiger partial charge in [0, 0.05) is 23.2 Å². The number of carbonyl (C=O) groups is 3. The Balaban J connectivity index is 1.80. The van der Waals surface area contributed by atoms with Crippen LogP contribution in [0, 0.1) is 39.4 Å². The maximum absolute atomic E-state index is 14.2. The molecule has 0 unspecified atom stereocenters. The van der Waals surface area contributed by atoms with Gasteiger partial charge in [0.05, 0.1) is 11.7 Å². The zero-order valence-electron chi connectivity index (χ0n) is 23.5. The summed E-state index contributed by atoms with van der Waals surface area (Å²) in [5.74, 6) is -2.24. The molecule has 0 heterocycles. The predicted octanol–water partition coefficient (Wildman–Crippen LogP) is 2.93. The van der Waals surface area contributed by atoms with Crippen molar-refractivity contribution >= 4 is 17.3 Å². The lowest BCUT2D eigenvalue weighted by Crippen LogP contribution is -2.65. The number of aliphatic hydroxyl groups excluding tert-OH is 2. The molecule has 0 aromatic heterocycles. The molecule has 7 heteroatoms. The van der Waals surface area contributed by atoms with Crippen molar-refractivity contribution in [3.05, 3.63) is 23.8 Å². The summed E-state index contributed by atoms with van der Waals surface area (Å²) in [6, 6.07) is 0. The highest BCUT2D eigenvalue weighted by molar-refractivity contribution is 5.98. The lowest BCUT2D eigenvalue weighted by Gasteiger charge is -2.64. The molecule has 0 spiro atoms. The summed E-state index contributed by atoms with van der Waals surface area (Å²) in [7, 11) is 0. The van der Waals surface area contributed by atoms with E-state index in [1.165, 1.54) is 32.9 Å². The van der Waals surface area contributed by atoms with Crippen molar-refractivity contribution in [2.24, 2.45) is 39.4 Å². The van der Waals surface area contributed by atoms with Crippen molar-refractivity contribution in [1.82, 2.24) is 0 Å². The van der Waals surface area contributed by atoms with E-state index in [1.54, 1.807) is 0 Å². The van der Waals surface area contributed by atoms with Crippen LogP contribution in [0.25, 0.3) is 0 Å². The van der Waals surface area contributed by atoms with Gasteiger partial charge in [-0.15, -0.1) is 0 Å². The Bertz CT molecular complexity index is 1090. The summed E-state index contributed by atoms with van der Waals surface area (Å²) in [5.41, 5.74) is -5.46. The predicted molar refractivity (Wildman–Crippen MR) is 138 cm³/mol. The molecule has 4 aliphatic rings. The maximum Gasteiger partial charge on any atom is 0.187 e. The van der Waals surface area contributed by atoms with E-state index in [0.717, 1.165) is 5.57 Å². The summed E-state index contributed by atoms with van der Waals surface area (Å²) in [5, 5.41) is 43.7. The van der Waals surface area contributed by atoms with E-state index in [0.29, 0.717) is 12.8 Å². The summed E-state index contributed by atoms with van der Waals surface area (Å²) < 4.78 is 0. The highest BCUT2D eigenvalue weighted by Crippen LogP contribution is 2.74. The van der Waals surface area contributed by atoms with Crippen LogP contribution in [-0.2, 0) is 14.4 Å². The molecular formula is C30H44O7. The first-order valence-electron chi connectivity index (χ1n) is 13.5. The van der Waals surface area contributed by atoms with Gasteiger partial charge in [0.1, 0.15) is 17.5 Å². The number of hydrogen-bond acceptors (Lipinski definition) is 7. The standard InChI is InChI=1S/C30H44O7/c1-25(2,36)12-11-21(33)30(8,37)23-19(32)14-27(5)20-10-9-16-17(13-18(31)24(35)26(16,3)4)29(20,7)22(34)15-28(23,27)6/h9,11-12,17-20,23,31-32,36-37H,10,13-15H2,1-8H3/b12-11+/t17-,18-,19-,20+,23-,27+,28+,29+,30+/m0/s1. The molecule has 3 saturated carbocycles. The SMILES string of the molecule is CC(C)(O)/C=C/C(=O)[C@@](C)(O)[C@H]1[C@@H](O)C[C@]2(C)[C@H]3CC=C4[C@H](C[C@H](O)C(=O)C4(C)C)[C@@]3(C)C(=O)C[C@]12C. The molecule has 9 atom stereocenters. The van der Waals surface area contributed by atoms with Crippen molar-refractivity contribution in [2.45, 2.75) is 104 Å². The number of Topliss-reactive ketones (excluding diaryl/α,β-unsaturated/α-hetero) is 2. The molecule has 3 fully saturated rings. The minimum absolute atomic E-state index is 0.0141. The third-order valence-electron chi connectivity index (χ3n) is 11.1. The molecular weight excluding hydrogens is 472 g/mol. The molecule has 0 saturated heterocycles. The van der Waals surface area contributed by atoms with E-state index in [9.17, 15) is 34.8 Å². The second kappa shape index (κ2) is 8.17. The molecule has 206 valence electrons. The van der Waals surface area contributed by atoms with E-state index in [2.05, 4.69) is 13.0 Å². The molecule has 37 heavy (non-hydrogen) atoms. The maximum atomic E-state index is 14.2. The van der Waals surface area contributed by atoms with Crippen LogP contribution in [0.4, 0.5) is 0 Å². The Hall–Kier alpha value is -1.67. The highest BCUT2D eigenvalue weighted by atomic mass is 16.3. The summed E-state index contributed by atoms with van der Waals surface area (Å²) in [6.07, 6.45) is 3.54. The minimum atomic E-state index is -1.95. The Morgan fingerprint density at radius 3 is 2.19 bits per heavy atom. The van der Waals surface area contributed by atoms with Crippen molar-refractivity contribution < 1.29 is 34.8 Å². The van der Waals surface area contributed by atoms with Gasteiger partial charge in [-0.3, -0.25) is 14.4 Å². The Morgan fingerprint density at radius 2 is 1.62 bits per heavy atom. The highest BCUT2D eigenvalue weighted by Gasteiger charge is 2.74. The average Bonchev–Trinajstić information content (AvgIpc) is 2.96. The molecule has 0 aromatic carbocycles. The number of ketones is 3. The lowest BCUT2D eigenvalue weighted by molar-refractivity contribution is -0.183. The van der Waals surface area contributed by atoms with E-state index in [1.807, 2.05) is 27.7 Å². The second-order valence-electron chi connectivity index (χ2n) is 14.2. The normalized spacial score (nSPS) is 45.1. The van der Waals surface area contributed by atoms with E-state index in [4.69, 9.17) is 0 Å². The van der Waals surface area contributed by atoms with Gasteiger partial charge >= 0.3 is 0 Å². The van der Waals surface area contributed by atoms with Gasteiger partial charge in [-0.2, -0.15) is 0 Å². The van der Waals surface area contributed by atoms with Gasteiger partial charge in [-0.05, 0) is 82.6 Å². The zero-order chi connectivity index (χ0) is 28.1. The van der Waals surface area contributed by atoms with Crippen LogP contribution in [0.15, 0.2) is 23.8 Å². The number of rotatable bonds is 4. The van der Waals surface area contributed by atoms with Crippen molar-refractivity contribution in [1.29, 1.82) is 0 Å². The average molecular weight is 517 g/mol. The largest absolute Gasteiger partial charge is 0.393 e. The molecule has 4 aliphatic carbocycles. The number of aliphatic hydroxyl groups is 4. The van der Waals surface area contributed by atoms with E-state index >= 15 is 0 Å². The third-order valence-corrected chi connectivity index (χ3v) is 11.1. The van der Waals surface area contributed by atoms with Gasteiger partial charge in [0.25, 0.3) is 0 Å². The first-order valence-corrected chi connectivity index (χ1v) is 13.5. The Kier molecular flexibility index (Phi) is 6.26. The zero-order valence-corrected chi connectivity index (χ0v) is 23.5. The molecule has 0 radical (unpaired) electrons. The van der Waals surface area contributed by atoms with Crippen LogP contribution in [0.5, 0.6) is 0 Å². The lowest BCUT2D eigenvalue weighted by atomic mass is 9.38. The van der Waals surface area contributed by atoms with Crippen LogP contribution in [0.1, 0.15) is 81.1 Å². The first kappa shape index (κ1) is 28.3. The number of allylic oxidation sites excluding steroid dienone is 2. The topological polar surface area (TPSA) is 132 Å². The van der Waals surface area contributed by atoms with Crippen molar-refractivity contribution in [3.63, 3.8) is 0 Å². The fraction of sp³-hybridized carbons (Fsp3) is 0.767. The van der Waals surface area contributed by atoms with Gasteiger partial charge in [0.2, 0.25) is 0 Å². The van der Waals surface area contributed by atoms with Crippen LogP contribution in [0.3, 0.4) is 0 Å². The quantitative estimate of drug-likeness (QED) is 0.334. The first-order chi connectivity index (χ1) is 16.7. The molecule has 0 aliphatic heterocycles. The molecule has 4 rings (SSSR count). The van der Waals surface area contributed by atoms with Gasteiger partial charge in [-0.25, -0.2) is 0 Å². The van der Waals surface area contributed by atoms with E-state index in [-0.39, 0.29) is 36.2 Å². The monoisotopic (exact) mass is 516 g/mol. The number of hydrogen-bond donors (Lipinski definition) is 4. The molecule has 0 amide bonds. The fourth-order valence-corrected chi connectivity index (χ4v) is 9.00. The summed E-state index contributed by atoms with van der Waals surface area (Å²) >= 11 is 0. The molecule has 0 aromatic rings. The van der Waals surface area contributed by atoms with Gasteiger partial charge in [-0.1, -0.05) is 38.5 Å². The van der Waals surface area contributed by atoms with Crippen LogP contribution in [0.2, 0.25) is 0 Å². The van der Waals surface area contributed by atoms with Crippen molar-refractivity contribution in [3.8, 4) is 0 Å². The summed E-state index contributed by atoms with van der Waals surface area (Å²) in [4.78, 5) is 40.2. The smallest absolute Gasteiger partial charge is 0.187 e. The van der Waals surface area contributed by atoms with Crippen LogP contribution >= 0.6 is 0 Å². The van der Waals surface area contributed by atoms with Crippen LogP contribution in [-0.4, -0.2) is 61.2 Å². The number of fused-ring (bicyclic) bond motifs is 5. The number of carbonyl (C=O) groups excluding carboxylic acids is 3. The van der Waals surface area contributed by atoms with Crippen molar-refractivity contribution in [2.75, 3.05) is 0 Å². The third kappa shape index (κ3) is 3.71. The Morgan fingerprint density at radius 1 is 1.03 bits per heavy atom. The molecule has 7 nitrogen and oxygen atoms in total. The van der Waals surface area contributed by atoms with E-state index < -0.39 is 56.8 Å². The molecule has 0 bridgehead atoms. The molecule has 4 N–H and O–H groups in total. The van der Waals surface area contributed by atoms with Gasteiger partial charge in [0.15, 0.2) is 11.6 Å². The second-order valence-corrected chi connectivity index (χ2v) is 14.2. The fourth-order valence-electron chi connectivity index (χ4n) is 9.00. The Labute approximate surface area is 220 Å².